The molecule has 0 amide bonds. The van der Waals surface area contributed by atoms with Gasteiger partial charge < -0.3 is 9.84 Å². The maximum absolute atomic E-state index is 13.0. The van der Waals surface area contributed by atoms with Crippen molar-refractivity contribution in [3.05, 3.63) is 28.8 Å². The molecule has 1 rings (SSSR count). The van der Waals surface area contributed by atoms with Gasteiger partial charge in [0.05, 0.1) is 7.11 Å². The molecule has 1 aromatic carbocycles. The Hall–Kier alpha value is -1.65. The van der Waals surface area contributed by atoms with Gasteiger partial charge >= 0.3 is 11.9 Å². The quantitative estimate of drug-likeness (QED) is 0.883. The highest BCUT2D eigenvalue weighted by Gasteiger charge is 2.38. The molecule has 0 fully saturated rings. The van der Waals surface area contributed by atoms with Gasteiger partial charge in [0.2, 0.25) is 0 Å². The van der Waals surface area contributed by atoms with Gasteiger partial charge in [-0.1, -0.05) is 17.7 Å². The molecule has 0 aliphatic carbocycles. The number of rotatable bonds is 5. The number of carboxylic acids is 1. The Morgan fingerprint density at radius 1 is 1.39 bits per heavy atom. The molecule has 0 atom stereocenters. The number of carboxylic acid groups (broad SMARTS) is 1. The van der Waals surface area contributed by atoms with Crippen LogP contribution >= 0.6 is 0 Å². The summed E-state index contributed by atoms with van der Waals surface area (Å²) in [6.45, 7) is 3.68. The van der Waals surface area contributed by atoms with Crippen molar-refractivity contribution in [2.75, 3.05) is 7.11 Å². The Morgan fingerprint density at radius 3 is 2.50 bits per heavy atom. The van der Waals surface area contributed by atoms with Crippen molar-refractivity contribution in [3.8, 4) is 5.75 Å². The highest BCUT2D eigenvalue weighted by Crippen LogP contribution is 2.29. The fourth-order valence-electron chi connectivity index (χ4n) is 1.92. The van der Waals surface area contributed by atoms with Crippen molar-refractivity contribution in [2.24, 2.45) is 0 Å². The summed E-state index contributed by atoms with van der Waals surface area (Å²) in [7, 11) is 1.47. The average molecular weight is 258 g/mol. The van der Waals surface area contributed by atoms with Crippen LogP contribution in [-0.2, 0) is 11.2 Å². The zero-order valence-corrected chi connectivity index (χ0v) is 10.6. The van der Waals surface area contributed by atoms with Crippen LogP contribution in [0.2, 0.25) is 0 Å². The fraction of sp³-hybridized carbons (Fsp3) is 0.462. The molecule has 0 heterocycles. The van der Waals surface area contributed by atoms with E-state index in [2.05, 4.69) is 0 Å². The Bertz CT molecular complexity index is 456. The van der Waals surface area contributed by atoms with Crippen molar-refractivity contribution in [1.82, 2.24) is 0 Å². The monoisotopic (exact) mass is 258 g/mol. The summed E-state index contributed by atoms with van der Waals surface area (Å²) in [4.78, 5) is 10.3. The second-order valence-corrected chi connectivity index (χ2v) is 4.28. The smallest absolute Gasteiger partial charge is 0.374 e. The Labute approximate surface area is 104 Å². The van der Waals surface area contributed by atoms with E-state index in [1.165, 1.54) is 7.11 Å². The standard InChI is InChI=1S/C13H16F2O3/c1-8-6-9(2)11(18-3)10(7-8)4-5-13(14,15)12(16)17/h6-7H,4-5H2,1-3H3,(H,16,17). The molecule has 0 bridgehead atoms. The largest absolute Gasteiger partial charge is 0.496 e. The lowest BCUT2D eigenvalue weighted by molar-refractivity contribution is -0.165. The number of benzene rings is 1. The molecule has 1 aromatic rings. The summed E-state index contributed by atoms with van der Waals surface area (Å²) >= 11 is 0. The molecule has 5 heteroatoms. The number of halogens is 2. The van der Waals surface area contributed by atoms with Crippen molar-refractivity contribution in [3.63, 3.8) is 0 Å². The van der Waals surface area contributed by atoms with E-state index in [4.69, 9.17) is 9.84 Å². The molecular formula is C13H16F2O3. The minimum Gasteiger partial charge on any atom is -0.496 e. The summed E-state index contributed by atoms with van der Waals surface area (Å²) in [5.74, 6) is -5.25. The number of alkyl halides is 2. The molecule has 1 N–H and O–H groups in total. The molecule has 18 heavy (non-hydrogen) atoms. The van der Waals surface area contributed by atoms with Gasteiger partial charge in [-0.05, 0) is 31.4 Å². The van der Waals surface area contributed by atoms with Crippen LogP contribution in [0.15, 0.2) is 12.1 Å². The highest BCUT2D eigenvalue weighted by molar-refractivity contribution is 5.75. The SMILES string of the molecule is COc1c(C)cc(C)cc1CCC(F)(F)C(=O)O. The number of hydrogen-bond donors (Lipinski definition) is 1. The summed E-state index contributed by atoms with van der Waals surface area (Å²) in [5, 5.41) is 8.37. The number of hydrogen-bond acceptors (Lipinski definition) is 2. The van der Waals surface area contributed by atoms with E-state index < -0.39 is 18.3 Å². The first-order chi connectivity index (χ1) is 8.27. The van der Waals surface area contributed by atoms with Gasteiger partial charge in [-0.2, -0.15) is 8.78 Å². The van der Waals surface area contributed by atoms with E-state index in [1.54, 1.807) is 6.07 Å². The molecule has 100 valence electrons. The third-order valence-electron chi connectivity index (χ3n) is 2.72. The van der Waals surface area contributed by atoms with Crippen molar-refractivity contribution in [1.29, 1.82) is 0 Å². The van der Waals surface area contributed by atoms with E-state index in [0.717, 1.165) is 11.1 Å². The molecule has 0 spiro atoms. The van der Waals surface area contributed by atoms with Crippen molar-refractivity contribution >= 4 is 5.97 Å². The number of carbonyl (C=O) groups is 1. The molecule has 0 radical (unpaired) electrons. The van der Waals surface area contributed by atoms with Crippen LogP contribution < -0.4 is 4.74 Å². The fourth-order valence-corrected chi connectivity index (χ4v) is 1.92. The summed E-state index contributed by atoms with van der Waals surface area (Å²) in [6.07, 6.45) is -0.771. The molecule has 0 unspecified atom stereocenters. The molecule has 0 aromatic heterocycles. The molecular weight excluding hydrogens is 242 g/mol. The summed E-state index contributed by atoms with van der Waals surface area (Å²) in [5.41, 5.74) is 2.39. The van der Waals surface area contributed by atoms with E-state index in [-0.39, 0.29) is 6.42 Å². The first-order valence-corrected chi connectivity index (χ1v) is 5.53. The van der Waals surface area contributed by atoms with Gasteiger partial charge in [-0.25, -0.2) is 4.79 Å². The van der Waals surface area contributed by atoms with Gasteiger partial charge in [0.1, 0.15) is 5.75 Å². The van der Waals surface area contributed by atoms with Gasteiger partial charge in [0, 0.05) is 6.42 Å². The lowest BCUT2D eigenvalue weighted by atomic mass is 10.00. The zero-order valence-electron chi connectivity index (χ0n) is 10.6. The number of aryl methyl sites for hydroxylation is 3. The number of ether oxygens (including phenoxy) is 1. The van der Waals surface area contributed by atoms with Crippen LogP contribution in [0.5, 0.6) is 5.75 Å². The van der Waals surface area contributed by atoms with Gasteiger partial charge in [-0.3, -0.25) is 0 Å². The maximum Gasteiger partial charge on any atom is 0.374 e. The third kappa shape index (κ3) is 3.18. The van der Waals surface area contributed by atoms with E-state index in [0.29, 0.717) is 11.3 Å². The minimum absolute atomic E-state index is 0.0367. The first-order valence-electron chi connectivity index (χ1n) is 5.53. The van der Waals surface area contributed by atoms with Crippen LogP contribution in [0.3, 0.4) is 0 Å². The Balaban J connectivity index is 2.94. The highest BCUT2D eigenvalue weighted by atomic mass is 19.3. The van der Waals surface area contributed by atoms with Gasteiger partial charge in [0.15, 0.2) is 0 Å². The Morgan fingerprint density at radius 2 is 2.00 bits per heavy atom. The van der Waals surface area contributed by atoms with Crippen LogP contribution in [0.25, 0.3) is 0 Å². The molecule has 0 saturated carbocycles. The number of methoxy groups -OCH3 is 1. The molecule has 3 nitrogen and oxygen atoms in total. The molecule has 0 saturated heterocycles. The maximum atomic E-state index is 13.0. The predicted octanol–water partition coefficient (Wildman–Crippen LogP) is 2.96. The lowest BCUT2D eigenvalue weighted by Gasteiger charge is -2.15. The summed E-state index contributed by atoms with van der Waals surface area (Å²) < 4.78 is 31.2. The van der Waals surface area contributed by atoms with E-state index in [9.17, 15) is 13.6 Å². The molecule has 0 aliphatic heterocycles. The Kier molecular flexibility index (Phi) is 4.27. The van der Waals surface area contributed by atoms with Crippen LogP contribution in [0.1, 0.15) is 23.1 Å². The second kappa shape index (κ2) is 5.33. The van der Waals surface area contributed by atoms with Crippen molar-refractivity contribution < 1.29 is 23.4 Å². The third-order valence-corrected chi connectivity index (χ3v) is 2.72. The van der Waals surface area contributed by atoms with Crippen LogP contribution in [-0.4, -0.2) is 24.1 Å². The van der Waals surface area contributed by atoms with Gasteiger partial charge in [0.25, 0.3) is 0 Å². The second-order valence-electron chi connectivity index (χ2n) is 4.28. The van der Waals surface area contributed by atoms with Gasteiger partial charge in [-0.15, -0.1) is 0 Å². The van der Waals surface area contributed by atoms with Crippen LogP contribution in [0, 0.1) is 13.8 Å². The molecule has 0 aliphatic rings. The topological polar surface area (TPSA) is 46.5 Å². The average Bonchev–Trinajstić information content (AvgIpc) is 2.25. The summed E-state index contributed by atoms with van der Waals surface area (Å²) in [6, 6.07) is 3.63. The lowest BCUT2D eigenvalue weighted by Crippen LogP contribution is -2.28. The minimum atomic E-state index is -3.71. The number of aliphatic carboxylic acids is 1. The van der Waals surface area contributed by atoms with Crippen molar-refractivity contribution in [2.45, 2.75) is 32.6 Å². The first kappa shape index (κ1) is 14.4. The van der Waals surface area contributed by atoms with E-state index >= 15 is 0 Å². The predicted molar refractivity (Wildman–Crippen MR) is 63.4 cm³/mol. The normalized spacial score (nSPS) is 11.4. The van der Waals surface area contributed by atoms with Crippen LogP contribution in [0.4, 0.5) is 8.78 Å². The zero-order chi connectivity index (χ0) is 13.9. The van der Waals surface area contributed by atoms with E-state index in [1.807, 2.05) is 19.9 Å².